The van der Waals surface area contributed by atoms with Crippen LogP contribution in [0.15, 0.2) is 60.7 Å². The number of nitrogens with zero attached hydrogens (tertiary/aromatic N) is 1. The van der Waals surface area contributed by atoms with E-state index in [1.54, 1.807) is 14.2 Å². The van der Waals surface area contributed by atoms with E-state index in [9.17, 15) is 0 Å². The summed E-state index contributed by atoms with van der Waals surface area (Å²) in [5.74, 6) is 1.55. The summed E-state index contributed by atoms with van der Waals surface area (Å²) < 4.78 is 13.1. The maximum absolute atomic E-state index is 5.39. The Balaban J connectivity index is 0.00000256. The van der Waals surface area contributed by atoms with Crippen LogP contribution in [0.1, 0.15) is 18.1 Å². The van der Waals surface area contributed by atoms with Gasteiger partial charge in [0, 0.05) is 34.9 Å². The molecule has 0 bridgehead atoms. The van der Waals surface area contributed by atoms with Gasteiger partial charge in [-0.3, -0.25) is 0 Å². The average Bonchev–Trinajstić information content (AvgIpc) is 3.09. The van der Waals surface area contributed by atoms with Gasteiger partial charge >= 0.3 is 0 Å². The first-order chi connectivity index (χ1) is 14.2. The smallest absolute Gasteiger partial charge is 0.160 e. The molecule has 1 aromatic heterocycles. The van der Waals surface area contributed by atoms with Crippen molar-refractivity contribution in [2.75, 3.05) is 20.8 Å². The number of ether oxygens (including phenoxy) is 2. The minimum atomic E-state index is 0. The van der Waals surface area contributed by atoms with Crippen molar-refractivity contribution in [1.82, 2.24) is 9.88 Å². The molecule has 0 atom stereocenters. The number of fused-ring (bicyclic) bond motifs is 3. The molecule has 0 aliphatic rings. The normalized spacial score (nSPS) is 10.9. The third-order valence-electron chi connectivity index (χ3n) is 5.52. The average molecular weight is 425 g/mol. The van der Waals surface area contributed by atoms with Gasteiger partial charge in [0.1, 0.15) is 0 Å². The number of hydrogen-bond acceptors (Lipinski definition) is 3. The van der Waals surface area contributed by atoms with Crippen molar-refractivity contribution >= 4 is 34.2 Å². The highest BCUT2D eigenvalue weighted by atomic mass is 35.5. The van der Waals surface area contributed by atoms with Crippen molar-refractivity contribution in [1.29, 1.82) is 0 Å². The maximum Gasteiger partial charge on any atom is 0.160 e. The van der Waals surface area contributed by atoms with E-state index in [0.717, 1.165) is 37.6 Å². The lowest BCUT2D eigenvalue weighted by Crippen LogP contribution is -2.16. The molecule has 4 aromatic rings. The van der Waals surface area contributed by atoms with E-state index in [1.165, 1.54) is 32.9 Å². The van der Waals surface area contributed by atoms with Gasteiger partial charge in [-0.1, -0.05) is 30.3 Å². The second-order valence-electron chi connectivity index (χ2n) is 7.23. The van der Waals surface area contributed by atoms with E-state index in [2.05, 4.69) is 65.3 Å². The molecule has 0 aliphatic carbocycles. The predicted octanol–water partition coefficient (Wildman–Crippen LogP) is 5.59. The van der Waals surface area contributed by atoms with Crippen LogP contribution in [0.5, 0.6) is 11.5 Å². The summed E-state index contributed by atoms with van der Waals surface area (Å²) >= 11 is 0. The molecule has 4 nitrogen and oxygen atoms in total. The lowest BCUT2D eigenvalue weighted by molar-refractivity contribution is 0.354. The number of benzene rings is 3. The van der Waals surface area contributed by atoms with E-state index in [-0.39, 0.29) is 12.4 Å². The molecule has 0 amide bonds. The summed E-state index contributed by atoms with van der Waals surface area (Å²) in [6.45, 7) is 4.95. The second kappa shape index (κ2) is 9.88. The molecule has 0 unspecified atom stereocenters. The van der Waals surface area contributed by atoms with E-state index in [4.69, 9.17) is 9.47 Å². The van der Waals surface area contributed by atoms with Crippen molar-refractivity contribution in [3.05, 3.63) is 71.8 Å². The molecule has 4 rings (SSSR count). The van der Waals surface area contributed by atoms with E-state index in [1.807, 2.05) is 12.1 Å². The van der Waals surface area contributed by atoms with Gasteiger partial charge in [0.05, 0.1) is 14.2 Å². The Morgan fingerprint density at radius 2 is 1.53 bits per heavy atom. The summed E-state index contributed by atoms with van der Waals surface area (Å²) in [7, 11) is 3.33. The van der Waals surface area contributed by atoms with Crippen molar-refractivity contribution in [3.8, 4) is 11.5 Å². The Labute approximate surface area is 184 Å². The molecule has 1 N–H and O–H groups in total. The molecule has 5 heteroatoms. The number of halogens is 1. The first-order valence-electron chi connectivity index (χ1n) is 10.2. The Hall–Kier alpha value is -2.69. The number of para-hydroxylation sites is 1. The number of rotatable bonds is 8. The molecule has 158 valence electrons. The Morgan fingerprint density at radius 3 is 2.30 bits per heavy atom. The maximum atomic E-state index is 5.39. The van der Waals surface area contributed by atoms with Crippen molar-refractivity contribution in [2.24, 2.45) is 0 Å². The van der Waals surface area contributed by atoms with Gasteiger partial charge in [-0.25, -0.2) is 0 Å². The van der Waals surface area contributed by atoms with Crippen molar-refractivity contribution in [3.63, 3.8) is 0 Å². The lowest BCUT2D eigenvalue weighted by Gasteiger charge is -2.10. The van der Waals surface area contributed by atoms with Crippen molar-refractivity contribution < 1.29 is 9.47 Å². The number of methoxy groups -OCH3 is 2. The topological polar surface area (TPSA) is 35.4 Å². The van der Waals surface area contributed by atoms with Crippen LogP contribution in [-0.4, -0.2) is 25.3 Å². The third-order valence-corrected chi connectivity index (χ3v) is 5.52. The molecule has 30 heavy (non-hydrogen) atoms. The summed E-state index contributed by atoms with van der Waals surface area (Å²) in [5.41, 5.74) is 5.16. The molecule has 3 aromatic carbocycles. The molecule has 0 saturated carbocycles. The quantitative estimate of drug-likeness (QED) is 0.375. The van der Waals surface area contributed by atoms with Gasteiger partial charge in [-0.2, -0.15) is 0 Å². The van der Waals surface area contributed by atoms with Crippen LogP contribution in [0.3, 0.4) is 0 Å². The minimum Gasteiger partial charge on any atom is -0.493 e. The highest BCUT2D eigenvalue weighted by molar-refractivity contribution is 6.08. The van der Waals surface area contributed by atoms with Crippen LogP contribution < -0.4 is 14.8 Å². The summed E-state index contributed by atoms with van der Waals surface area (Å²) in [6, 6.07) is 21.6. The second-order valence-corrected chi connectivity index (χ2v) is 7.23. The molecular formula is C25H29ClN2O2. The van der Waals surface area contributed by atoms with E-state index < -0.39 is 0 Å². The number of aryl methyl sites for hydroxylation is 1. The van der Waals surface area contributed by atoms with Crippen LogP contribution in [0.4, 0.5) is 0 Å². The zero-order valence-corrected chi connectivity index (χ0v) is 18.6. The largest absolute Gasteiger partial charge is 0.493 e. The highest BCUT2D eigenvalue weighted by Gasteiger charge is 2.09. The summed E-state index contributed by atoms with van der Waals surface area (Å²) in [4.78, 5) is 0. The van der Waals surface area contributed by atoms with Crippen molar-refractivity contribution in [2.45, 2.75) is 26.4 Å². The van der Waals surface area contributed by atoms with Gasteiger partial charge in [0.15, 0.2) is 11.5 Å². The Kier molecular flexibility index (Phi) is 7.24. The van der Waals surface area contributed by atoms with E-state index >= 15 is 0 Å². The molecule has 0 fully saturated rings. The molecular weight excluding hydrogens is 396 g/mol. The van der Waals surface area contributed by atoms with Gasteiger partial charge < -0.3 is 19.4 Å². The fraction of sp³-hybridized carbons (Fsp3) is 0.280. The van der Waals surface area contributed by atoms with Gasteiger partial charge in [-0.15, -0.1) is 12.4 Å². The SMILES string of the molecule is CCn1c2ccccc2c2cc(CNCCc3ccc(OC)c(OC)c3)ccc21.Cl. The molecule has 0 spiro atoms. The fourth-order valence-corrected chi connectivity index (χ4v) is 4.05. The van der Waals surface area contributed by atoms with Crippen LogP contribution in [-0.2, 0) is 19.5 Å². The molecule has 0 aliphatic heterocycles. The van der Waals surface area contributed by atoms with Gasteiger partial charge in [-0.05, 0) is 61.3 Å². The first kappa shape index (κ1) is 22.0. The standard InChI is InChI=1S/C25H28N2O2.ClH/c1-4-27-22-8-6-5-7-20(22)21-15-19(9-11-23(21)27)17-26-14-13-18-10-12-24(28-2)25(16-18)29-3;/h5-12,15-16,26H,4,13-14,17H2,1-3H3;1H. The summed E-state index contributed by atoms with van der Waals surface area (Å²) in [5, 5.41) is 6.24. The van der Waals surface area contributed by atoms with Crippen LogP contribution in [0.2, 0.25) is 0 Å². The van der Waals surface area contributed by atoms with E-state index in [0.29, 0.717) is 0 Å². The predicted molar refractivity (Wildman–Crippen MR) is 127 cm³/mol. The van der Waals surface area contributed by atoms with Gasteiger partial charge in [0.2, 0.25) is 0 Å². The fourth-order valence-electron chi connectivity index (χ4n) is 4.05. The minimum absolute atomic E-state index is 0. The van der Waals surface area contributed by atoms with Gasteiger partial charge in [0.25, 0.3) is 0 Å². The zero-order valence-electron chi connectivity index (χ0n) is 17.8. The molecule has 1 heterocycles. The lowest BCUT2D eigenvalue weighted by atomic mass is 10.1. The van der Waals surface area contributed by atoms with Crippen LogP contribution in [0, 0.1) is 0 Å². The molecule has 0 saturated heterocycles. The number of hydrogen-bond donors (Lipinski definition) is 1. The third kappa shape index (κ3) is 4.25. The first-order valence-corrected chi connectivity index (χ1v) is 10.2. The highest BCUT2D eigenvalue weighted by Crippen LogP contribution is 2.30. The zero-order chi connectivity index (χ0) is 20.2. The monoisotopic (exact) mass is 424 g/mol. The van der Waals surface area contributed by atoms with Crippen LogP contribution in [0.25, 0.3) is 21.8 Å². The number of nitrogens with one attached hydrogen (secondary N) is 1. The van der Waals surface area contributed by atoms with Crippen LogP contribution >= 0.6 is 12.4 Å². The Morgan fingerprint density at radius 1 is 0.800 bits per heavy atom. The number of aromatic nitrogens is 1. The molecule has 0 radical (unpaired) electrons. The summed E-state index contributed by atoms with van der Waals surface area (Å²) in [6.07, 6.45) is 0.942. The Bertz CT molecular complexity index is 1140.